The first-order valence-corrected chi connectivity index (χ1v) is 5.63. The van der Waals surface area contributed by atoms with Gasteiger partial charge in [-0.1, -0.05) is 6.07 Å². The maximum Gasteiger partial charge on any atom is 0.331 e. The summed E-state index contributed by atoms with van der Waals surface area (Å²) in [5.41, 5.74) is 5.68. The molecule has 0 spiro atoms. The van der Waals surface area contributed by atoms with Crippen LogP contribution in [0.5, 0.6) is 0 Å². The molecule has 0 aliphatic carbocycles. The van der Waals surface area contributed by atoms with E-state index in [1.54, 1.807) is 18.3 Å². The maximum atomic E-state index is 12.0. The van der Waals surface area contributed by atoms with Crippen LogP contribution in [0.4, 0.5) is 5.82 Å². The van der Waals surface area contributed by atoms with Crippen molar-refractivity contribution in [1.29, 1.82) is 0 Å². The summed E-state index contributed by atoms with van der Waals surface area (Å²) in [6.45, 7) is 2.49. The average Bonchev–Trinajstić information content (AvgIpc) is 2.37. The summed E-state index contributed by atoms with van der Waals surface area (Å²) in [5.74, 6) is 0.329. The van der Waals surface area contributed by atoms with Crippen LogP contribution < -0.4 is 17.0 Å². The van der Waals surface area contributed by atoms with Gasteiger partial charge in [-0.2, -0.15) is 0 Å². The van der Waals surface area contributed by atoms with E-state index in [0.717, 1.165) is 4.57 Å². The molecule has 6 nitrogen and oxygen atoms in total. The van der Waals surface area contributed by atoms with Crippen molar-refractivity contribution in [3.8, 4) is 0 Å². The minimum Gasteiger partial charge on any atom is -0.383 e. The fourth-order valence-corrected chi connectivity index (χ4v) is 1.70. The van der Waals surface area contributed by atoms with Crippen molar-refractivity contribution in [3.63, 3.8) is 0 Å². The summed E-state index contributed by atoms with van der Waals surface area (Å²) < 4.78 is 2.62. The Morgan fingerprint density at radius 2 is 2.11 bits per heavy atom. The number of hydrogen-bond donors (Lipinski definition) is 1. The van der Waals surface area contributed by atoms with Gasteiger partial charge in [-0.25, -0.2) is 9.78 Å². The number of nitrogens with zero attached hydrogens (tertiary/aromatic N) is 3. The van der Waals surface area contributed by atoms with Crippen LogP contribution in [-0.2, 0) is 13.1 Å². The van der Waals surface area contributed by atoms with Gasteiger partial charge in [0.05, 0.1) is 6.54 Å². The lowest BCUT2D eigenvalue weighted by Gasteiger charge is -2.09. The van der Waals surface area contributed by atoms with Gasteiger partial charge in [0.25, 0.3) is 5.56 Å². The van der Waals surface area contributed by atoms with E-state index in [1.165, 1.54) is 16.8 Å². The van der Waals surface area contributed by atoms with E-state index in [0.29, 0.717) is 17.9 Å². The molecule has 18 heavy (non-hydrogen) atoms. The number of aromatic nitrogens is 3. The Labute approximate surface area is 103 Å². The summed E-state index contributed by atoms with van der Waals surface area (Å²) >= 11 is 0. The number of rotatable bonds is 3. The Hall–Kier alpha value is -2.37. The molecule has 0 aliphatic rings. The fourth-order valence-electron chi connectivity index (χ4n) is 1.70. The molecule has 2 N–H and O–H groups in total. The second-order valence-corrected chi connectivity index (χ2v) is 3.86. The van der Waals surface area contributed by atoms with E-state index in [4.69, 9.17) is 5.73 Å². The Morgan fingerprint density at radius 1 is 1.33 bits per heavy atom. The summed E-state index contributed by atoms with van der Waals surface area (Å²) in [5, 5.41) is 0. The van der Waals surface area contributed by atoms with Crippen molar-refractivity contribution in [3.05, 3.63) is 57.0 Å². The molecule has 0 aliphatic heterocycles. The molecule has 94 valence electrons. The minimum absolute atomic E-state index is 0.137. The van der Waals surface area contributed by atoms with E-state index in [-0.39, 0.29) is 17.8 Å². The third-order valence-electron chi connectivity index (χ3n) is 2.73. The summed E-state index contributed by atoms with van der Waals surface area (Å²) in [6, 6.07) is 4.84. The van der Waals surface area contributed by atoms with Gasteiger partial charge in [0, 0.05) is 30.6 Å². The molecule has 2 aromatic heterocycles. The first-order chi connectivity index (χ1) is 8.63. The van der Waals surface area contributed by atoms with E-state index in [2.05, 4.69) is 4.98 Å². The highest BCUT2D eigenvalue weighted by atomic mass is 16.2. The zero-order valence-electron chi connectivity index (χ0n) is 10.0. The molecular formula is C12H14N4O2. The Balaban J connectivity index is 2.50. The first-order valence-electron chi connectivity index (χ1n) is 5.63. The smallest absolute Gasteiger partial charge is 0.331 e. The summed E-state index contributed by atoms with van der Waals surface area (Å²) in [7, 11) is 0. The number of nitrogen functional groups attached to an aromatic ring is 1. The van der Waals surface area contributed by atoms with Gasteiger partial charge in [-0.3, -0.25) is 9.36 Å². The first kappa shape index (κ1) is 12.1. The molecule has 0 saturated carbocycles. The average molecular weight is 246 g/mol. The quantitative estimate of drug-likeness (QED) is 0.829. The zero-order valence-corrected chi connectivity index (χ0v) is 10.0. The van der Waals surface area contributed by atoms with Crippen molar-refractivity contribution in [1.82, 2.24) is 14.1 Å². The molecule has 2 heterocycles. The third-order valence-corrected chi connectivity index (χ3v) is 2.73. The van der Waals surface area contributed by atoms with Gasteiger partial charge in [0.1, 0.15) is 5.82 Å². The topological polar surface area (TPSA) is 82.9 Å². The highest BCUT2D eigenvalue weighted by molar-refractivity contribution is 5.38. The second-order valence-electron chi connectivity index (χ2n) is 3.86. The molecule has 0 unspecified atom stereocenters. The van der Waals surface area contributed by atoms with Crippen LogP contribution in [0.25, 0.3) is 0 Å². The zero-order chi connectivity index (χ0) is 13.1. The lowest BCUT2D eigenvalue weighted by atomic mass is 10.2. The molecule has 6 heteroatoms. The number of hydrogen-bond acceptors (Lipinski definition) is 4. The predicted molar refractivity (Wildman–Crippen MR) is 68.4 cm³/mol. The van der Waals surface area contributed by atoms with Crippen LogP contribution in [0.2, 0.25) is 0 Å². The van der Waals surface area contributed by atoms with Crippen LogP contribution in [0.1, 0.15) is 12.5 Å². The van der Waals surface area contributed by atoms with E-state index < -0.39 is 0 Å². The van der Waals surface area contributed by atoms with Crippen molar-refractivity contribution in [2.24, 2.45) is 0 Å². The van der Waals surface area contributed by atoms with Gasteiger partial charge >= 0.3 is 5.69 Å². The number of aryl methyl sites for hydroxylation is 1. The van der Waals surface area contributed by atoms with Crippen LogP contribution in [0.15, 0.2) is 40.2 Å². The predicted octanol–water partition coefficient (Wildman–Crippen LogP) is 0.0554. The van der Waals surface area contributed by atoms with Crippen LogP contribution in [-0.4, -0.2) is 14.1 Å². The van der Waals surface area contributed by atoms with Gasteiger partial charge in [-0.15, -0.1) is 0 Å². The van der Waals surface area contributed by atoms with Gasteiger partial charge in [-0.05, 0) is 13.0 Å². The molecule has 0 bridgehead atoms. The molecule has 2 rings (SSSR count). The molecule has 0 saturated heterocycles. The van der Waals surface area contributed by atoms with Gasteiger partial charge < -0.3 is 10.3 Å². The third kappa shape index (κ3) is 2.17. The lowest BCUT2D eigenvalue weighted by molar-refractivity contribution is 0.600. The standard InChI is InChI=1S/C12H14N4O2/c1-2-15-7-5-10(17)16(12(15)18)8-9-4-3-6-14-11(9)13/h3-7H,2,8H2,1H3,(H2,13,14). The molecule has 0 radical (unpaired) electrons. The largest absolute Gasteiger partial charge is 0.383 e. The summed E-state index contributed by atoms with van der Waals surface area (Å²) in [6.07, 6.45) is 3.06. The van der Waals surface area contributed by atoms with Crippen molar-refractivity contribution in [2.75, 3.05) is 5.73 Å². The van der Waals surface area contributed by atoms with E-state index in [9.17, 15) is 9.59 Å². The highest BCUT2D eigenvalue weighted by Gasteiger charge is 2.07. The minimum atomic E-state index is -0.340. The highest BCUT2D eigenvalue weighted by Crippen LogP contribution is 2.06. The number of nitrogens with two attached hydrogens (primary N) is 1. The summed E-state index contributed by atoms with van der Waals surface area (Å²) in [4.78, 5) is 27.6. The van der Waals surface area contributed by atoms with E-state index in [1.807, 2.05) is 6.92 Å². The maximum absolute atomic E-state index is 12.0. The molecule has 0 atom stereocenters. The molecule has 2 aromatic rings. The van der Waals surface area contributed by atoms with Crippen molar-refractivity contribution < 1.29 is 0 Å². The molecule has 0 aromatic carbocycles. The fraction of sp³-hybridized carbons (Fsp3) is 0.250. The Bertz CT molecular complexity index is 672. The van der Waals surface area contributed by atoms with Crippen molar-refractivity contribution in [2.45, 2.75) is 20.0 Å². The monoisotopic (exact) mass is 246 g/mol. The number of anilines is 1. The molecule has 0 amide bonds. The van der Waals surface area contributed by atoms with Crippen LogP contribution >= 0.6 is 0 Å². The molecule has 0 fully saturated rings. The molecular weight excluding hydrogens is 232 g/mol. The number of pyridine rings is 1. The van der Waals surface area contributed by atoms with Crippen molar-refractivity contribution >= 4 is 5.82 Å². The Morgan fingerprint density at radius 3 is 2.78 bits per heavy atom. The van der Waals surface area contributed by atoms with Crippen LogP contribution in [0.3, 0.4) is 0 Å². The normalized spacial score (nSPS) is 10.5. The van der Waals surface area contributed by atoms with E-state index >= 15 is 0 Å². The van der Waals surface area contributed by atoms with Gasteiger partial charge in [0.15, 0.2) is 0 Å². The SMILES string of the molecule is CCn1ccc(=O)n(Cc2cccnc2N)c1=O. The second kappa shape index (κ2) is 4.87. The Kier molecular flexibility index (Phi) is 3.27. The van der Waals surface area contributed by atoms with Crippen LogP contribution in [0, 0.1) is 0 Å². The lowest BCUT2D eigenvalue weighted by Crippen LogP contribution is -2.39. The van der Waals surface area contributed by atoms with Gasteiger partial charge in [0.2, 0.25) is 0 Å².